The SMILES string of the molecule is CCC[C@@H](N)C(=O)N(C)c1cccc(F)c1. The lowest BCUT2D eigenvalue weighted by Crippen LogP contribution is -2.41. The molecule has 0 heterocycles. The van der Waals surface area contributed by atoms with Crippen molar-refractivity contribution in [1.29, 1.82) is 0 Å². The van der Waals surface area contributed by atoms with Crippen LogP contribution in [0.5, 0.6) is 0 Å². The molecule has 0 radical (unpaired) electrons. The molecule has 4 heteroatoms. The van der Waals surface area contributed by atoms with Gasteiger partial charge in [-0.25, -0.2) is 4.39 Å². The Morgan fingerprint density at radius 2 is 2.25 bits per heavy atom. The fourth-order valence-corrected chi connectivity index (χ4v) is 1.50. The van der Waals surface area contributed by atoms with Crippen LogP contribution in [0.2, 0.25) is 0 Å². The molecule has 1 aromatic carbocycles. The van der Waals surface area contributed by atoms with E-state index in [-0.39, 0.29) is 11.7 Å². The van der Waals surface area contributed by atoms with E-state index in [1.807, 2.05) is 6.92 Å². The Kier molecular flexibility index (Phi) is 4.43. The number of carbonyl (C=O) groups excluding carboxylic acids is 1. The van der Waals surface area contributed by atoms with Crippen LogP contribution in [0.3, 0.4) is 0 Å². The molecule has 0 saturated heterocycles. The van der Waals surface area contributed by atoms with Crippen molar-refractivity contribution in [2.75, 3.05) is 11.9 Å². The van der Waals surface area contributed by atoms with Gasteiger partial charge in [-0.2, -0.15) is 0 Å². The quantitative estimate of drug-likeness (QED) is 0.849. The standard InChI is InChI=1S/C12H17FN2O/c1-3-5-11(14)12(16)15(2)10-7-4-6-9(13)8-10/h4,6-8,11H,3,5,14H2,1-2H3/t11-/m1/s1. The largest absolute Gasteiger partial charge is 0.320 e. The molecule has 0 bridgehead atoms. The molecule has 1 amide bonds. The highest BCUT2D eigenvalue weighted by Gasteiger charge is 2.18. The first-order valence-electron chi connectivity index (χ1n) is 5.35. The monoisotopic (exact) mass is 224 g/mol. The molecule has 0 aliphatic rings. The second-order valence-electron chi connectivity index (χ2n) is 3.77. The van der Waals surface area contributed by atoms with Crippen molar-refractivity contribution in [3.63, 3.8) is 0 Å². The Labute approximate surface area is 95.0 Å². The number of nitrogens with two attached hydrogens (primary N) is 1. The smallest absolute Gasteiger partial charge is 0.243 e. The van der Waals surface area contributed by atoms with Crippen molar-refractivity contribution in [3.05, 3.63) is 30.1 Å². The number of amides is 1. The summed E-state index contributed by atoms with van der Waals surface area (Å²) in [7, 11) is 1.60. The maximum absolute atomic E-state index is 13.0. The zero-order valence-electron chi connectivity index (χ0n) is 9.61. The summed E-state index contributed by atoms with van der Waals surface area (Å²) in [5.41, 5.74) is 6.24. The lowest BCUT2D eigenvalue weighted by molar-refractivity contribution is -0.119. The van der Waals surface area contributed by atoms with E-state index in [1.165, 1.54) is 17.0 Å². The normalized spacial score (nSPS) is 12.2. The first-order valence-corrected chi connectivity index (χ1v) is 5.35. The minimum atomic E-state index is -0.515. The number of benzene rings is 1. The van der Waals surface area contributed by atoms with Crippen LogP contribution in [0.25, 0.3) is 0 Å². The van der Waals surface area contributed by atoms with Crippen molar-refractivity contribution < 1.29 is 9.18 Å². The highest BCUT2D eigenvalue weighted by molar-refractivity contribution is 5.96. The van der Waals surface area contributed by atoms with Crippen LogP contribution in [0.1, 0.15) is 19.8 Å². The third kappa shape index (κ3) is 3.03. The van der Waals surface area contributed by atoms with Crippen LogP contribution < -0.4 is 10.6 Å². The van der Waals surface area contributed by atoms with Crippen LogP contribution in [0.15, 0.2) is 24.3 Å². The highest BCUT2D eigenvalue weighted by atomic mass is 19.1. The molecule has 0 saturated carbocycles. The first-order chi connectivity index (χ1) is 7.56. The van der Waals surface area contributed by atoms with Gasteiger partial charge in [-0.05, 0) is 24.6 Å². The van der Waals surface area contributed by atoms with Gasteiger partial charge in [0.2, 0.25) is 5.91 Å². The van der Waals surface area contributed by atoms with E-state index in [1.54, 1.807) is 19.2 Å². The van der Waals surface area contributed by atoms with Gasteiger partial charge in [-0.3, -0.25) is 4.79 Å². The molecule has 0 fully saturated rings. The Morgan fingerprint density at radius 1 is 1.56 bits per heavy atom. The molecule has 0 aliphatic carbocycles. The zero-order chi connectivity index (χ0) is 12.1. The first kappa shape index (κ1) is 12.6. The molecule has 3 nitrogen and oxygen atoms in total. The highest BCUT2D eigenvalue weighted by Crippen LogP contribution is 2.15. The van der Waals surface area contributed by atoms with Gasteiger partial charge in [0, 0.05) is 12.7 Å². The fraction of sp³-hybridized carbons (Fsp3) is 0.417. The maximum Gasteiger partial charge on any atom is 0.243 e. The number of rotatable bonds is 4. The van der Waals surface area contributed by atoms with Crippen molar-refractivity contribution in [3.8, 4) is 0 Å². The molecule has 16 heavy (non-hydrogen) atoms. The minimum Gasteiger partial charge on any atom is -0.320 e. The van der Waals surface area contributed by atoms with E-state index in [2.05, 4.69) is 0 Å². The fourth-order valence-electron chi connectivity index (χ4n) is 1.50. The molecular weight excluding hydrogens is 207 g/mol. The number of anilines is 1. The number of hydrogen-bond acceptors (Lipinski definition) is 2. The lowest BCUT2D eigenvalue weighted by atomic mass is 10.1. The Hall–Kier alpha value is -1.42. The van der Waals surface area contributed by atoms with Gasteiger partial charge < -0.3 is 10.6 Å². The summed E-state index contributed by atoms with van der Waals surface area (Å²) in [4.78, 5) is 13.2. The van der Waals surface area contributed by atoms with Crippen LogP contribution >= 0.6 is 0 Å². The van der Waals surface area contributed by atoms with E-state index in [4.69, 9.17) is 5.73 Å². The second kappa shape index (κ2) is 5.61. The number of nitrogens with zero attached hydrogens (tertiary/aromatic N) is 1. The van der Waals surface area contributed by atoms with Crippen LogP contribution in [-0.4, -0.2) is 19.0 Å². The molecule has 0 aromatic heterocycles. The van der Waals surface area contributed by atoms with Crippen LogP contribution in [-0.2, 0) is 4.79 Å². The predicted octanol–water partition coefficient (Wildman–Crippen LogP) is 1.92. The summed E-state index contributed by atoms with van der Waals surface area (Å²) in [6, 6.07) is 5.39. The average Bonchev–Trinajstić information content (AvgIpc) is 2.27. The second-order valence-corrected chi connectivity index (χ2v) is 3.77. The Morgan fingerprint density at radius 3 is 2.81 bits per heavy atom. The number of carbonyl (C=O) groups is 1. The summed E-state index contributed by atoms with van der Waals surface area (Å²) in [5.74, 6) is -0.548. The van der Waals surface area contributed by atoms with Gasteiger partial charge in [-0.1, -0.05) is 19.4 Å². The molecule has 88 valence electrons. The molecule has 0 aliphatic heterocycles. The Balaban J connectivity index is 2.77. The minimum absolute atomic E-state index is 0.188. The molecule has 1 aromatic rings. The van der Waals surface area contributed by atoms with Gasteiger partial charge in [-0.15, -0.1) is 0 Å². The van der Waals surface area contributed by atoms with Gasteiger partial charge in [0.15, 0.2) is 0 Å². The van der Waals surface area contributed by atoms with Gasteiger partial charge in [0.05, 0.1) is 6.04 Å². The molecule has 0 unspecified atom stereocenters. The predicted molar refractivity (Wildman–Crippen MR) is 62.7 cm³/mol. The third-order valence-electron chi connectivity index (χ3n) is 2.44. The Bertz CT molecular complexity index is 368. The van der Waals surface area contributed by atoms with Crippen LogP contribution in [0, 0.1) is 5.82 Å². The summed E-state index contributed by atoms with van der Waals surface area (Å²) >= 11 is 0. The summed E-state index contributed by atoms with van der Waals surface area (Å²) in [6.45, 7) is 1.97. The molecular formula is C12H17FN2O. The maximum atomic E-state index is 13.0. The van der Waals surface area contributed by atoms with Crippen molar-refractivity contribution >= 4 is 11.6 Å². The number of likely N-dealkylation sites (N-methyl/N-ethyl adjacent to an activating group) is 1. The van der Waals surface area contributed by atoms with E-state index in [0.717, 1.165) is 6.42 Å². The van der Waals surface area contributed by atoms with E-state index < -0.39 is 6.04 Å². The zero-order valence-corrected chi connectivity index (χ0v) is 9.61. The molecule has 0 spiro atoms. The van der Waals surface area contributed by atoms with E-state index in [9.17, 15) is 9.18 Å². The lowest BCUT2D eigenvalue weighted by Gasteiger charge is -2.21. The van der Waals surface area contributed by atoms with Gasteiger partial charge in [0.25, 0.3) is 0 Å². The number of hydrogen-bond donors (Lipinski definition) is 1. The third-order valence-corrected chi connectivity index (χ3v) is 2.44. The topological polar surface area (TPSA) is 46.3 Å². The van der Waals surface area contributed by atoms with E-state index in [0.29, 0.717) is 12.1 Å². The summed E-state index contributed by atoms with van der Waals surface area (Å²) in [6.07, 6.45) is 1.49. The van der Waals surface area contributed by atoms with Crippen LogP contribution in [0.4, 0.5) is 10.1 Å². The number of halogens is 1. The van der Waals surface area contributed by atoms with Crippen molar-refractivity contribution in [1.82, 2.24) is 0 Å². The average molecular weight is 224 g/mol. The van der Waals surface area contributed by atoms with E-state index >= 15 is 0 Å². The molecule has 2 N–H and O–H groups in total. The summed E-state index contributed by atoms with van der Waals surface area (Å²) < 4.78 is 13.0. The molecule has 1 atom stereocenters. The molecule has 1 rings (SSSR count). The summed E-state index contributed by atoms with van der Waals surface area (Å²) in [5, 5.41) is 0. The van der Waals surface area contributed by atoms with Crippen molar-refractivity contribution in [2.45, 2.75) is 25.8 Å². The van der Waals surface area contributed by atoms with Crippen molar-refractivity contribution in [2.24, 2.45) is 5.73 Å². The van der Waals surface area contributed by atoms with Gasteiger partial charge >= 0.3 is 0 Å². The van der Waals surface area contributed by atoms with Gasteiger partial charge in [0.1, 0.15) is 5.82 Å².